The summed E-state index contributed by atoms with van der Waals surface area (Å²) in [5.74, 6) is -0.629. The minimum Gasteiger partial charge on any atom is -0.496 e. The Hall–Kier alpha value is -2.10. The number of carboxylic acid groups (broad SMARTS) is 1. The SMILES string of the molecule is COc1ccc(C(O)C(O)CC#N)cc1CC(=O)O. The Kier molecular flexibility index (Phi) is 5.30. The minimum absolute atomic E-state index is 0.207. The molecule has 0 saturated carbocycles. The molecule has 2 atom stereocenters. The summed E-state index contributed by atoms with van der Waals surface area (Å²) in [6.07, 6.45) is -2.91. The molecule has 6 nitrogen and oxygen atoms in total. The number of carboxylic acids is 1. The van der Waals surface area contributed by atoms with Crippen molar-refractivity contribution in [1.82, 2.24) is 0 Å². The maximum atomic E-state index is 10.7. The van der Waals surface area contributed by atoms with Crippen LogP contribution in [0.5, 0.6) is 5.75 Å². The van der Waals surface area contributed by atoms with Gasteiger partial charge in [-0.15, -0.1) is 0 Å². The second-order valence-electron chi connectivity index (χ2n) is 4.02. The van der Waals surface area contributed by atoms with Crippen molar-refractivity contribution in [3.63, 3.8) is 0 Å². The van der Waals surface area contributed by atoms with Crippen LogP contribution in [0.15, 0.2) is 18.2 Å². The highest BCUT2D eigenvalue weighted by molar-refractivity contribution is 5.71. The Balaban J connectivity index is 3.03. The maximum Gasteiger partial charge on any atom is 0.307 e. The lowest BCUT2D eigenvalue weighted by Crippen LogP contribution is -2.18. The molecule has 0 bridgehead atoms. The monoisotopic (exact) mass is 265 g/mol. The van der Waals surface area contributed by atoms with Crippen molar-refractivity contribution in [2.24, 2.45) is 0 Å². The molecule has 1 rings (SSSR count). The van der Waals surface area contributed by atoms with Crippen molar-refractivity contribution in [2.75, 3.05) is 7.11 Å². The van der Waals surface area contributed by atoms with Crippen LogP contribution in [0.2, 0.25) is 0 Å². The van der Waals surface area contributed by atoms with Crippen molar-refractivity contribution in [3.8, 4) is 11.8 Å². The summed E-state index contributed by atoms with van der Waals surface area (Å²) < 4.78 is 5.03. The Morgan fingerprint density at radius 3 is 2.68 bits per heavy atom. The number of aliphatic carboxylic acids is 1. The number of nitrogens with zero attached hydrogens (tertiary/aromatic N) is 1. The number of rotatable bonds is 6. The zero-order valence-corrected chi connectivity index (χ0v) is 10.4. The van der Waals surface area contributed by atoms with Gasteiger partial charge in [0.2, 0.25) is 0 Å². The van der Waals surface area contributed by atoms with Gasteiger partial charge in [-0.25, -0.2) is 0 Å². The quantitative estimate of drug-likeness (QED) is 0.695. The molecule has 19 heavy (non-hydrogen) atoms. The molecule has 0 fully saturated rings. The molecule has 0 heterocycles. The Morgan fingerprint density at radius 2 is 2.16 bits per heavy atom. The van der Waals surface area contributed by atoms with Crippen molar-refractivity contribution < 1.29 is 24.9 Å². The van der Waals surface area contributed by atoms with Gasteiger partial charge in [-0.1, -0.05) is 6.07 Å². The molecule has 102 valence electrons. The third-order valence-electron chi connectivity index (χ3n) is 2.65. The second kappa shape index (κ2) is 6.73. The lowest BCUT2D eigenvalue weighted by Gasteiger charge is -2.17. The standard InChI is InChI=1S/C13H15NO5/c1-19-11-3-2-8(6-9(11)7-12(16)17)13(18)10(15)4-5-14/h2-3,6,10,13,15,18H,4,7H2,1H3,(H,16,17). The zero-order valence-electron chi connectivity index (χ0n) is 10.4. The second-order valence-corrected chi connectivity index (χ2v) is 4.02. The van der Waals surface area contributed by atoms with Gasteiger partial charge >= 0.3 is 5.97 Å². The van der Waals surface area contributed by atoms with Crippen LogP contribution < -0.4 is 4.74 Å². The summed E-state index contributed by atoms with van der Waals surface area (Å²) in [6.45, 7) is 0. The van der Waals surface area contributed by atoms with Crippen LogP contribution in [-0.2, 0) is 11.2 Å². The largest absolute Gasteiger partial charge is 0.496 e. The van der Waals surface area contributed by atoms with Crippen molar-refractivity contribution in [2.45, 2.75) is 25.0 Å². The lowest BCUT2D eigenvalue weighted by atomic mass is 9.99. The van der Waals surface area contributed by atoms with Crippen LogP contribution in [0.1, 0.15) is 23.7 Å². The van der Waals surface area contributed by atoms with Crippen LogP contribution in [-0.4, -0.2) is 34.5 Å². The molecule has 0 radical (unpaired) electrons. The number of carbonyl (C=O) groups is 1. The van der Waals surface area contributed by atoms with Gasteiger partial charge < -0.3 is 20.1 Å². The van der Waals surface area contributed by atoms with Gasteiger partial charge in [-0.05, 0) is 17.7 Å². The minimum atomic E-state index is -1.24. The van der Waals surface area contributed by atoms with Gasteiger partial charge in [-0.3, -0.25) is 4.79 Å². The van der Waals surface area contributed by atoms with Gasteiger partial charge in [0.05, 0.1) is 32.1 Å². The van der Waals surface area contributed by atoms with E-state index in [4.69, 9.17) is 15.1 Å². The van der Waals surface area contributed by atoms with Gasteiger partial charge in [0.15, 0.2) is 0 Å². The predicted molar refractivity (Wildman–Crippen MR) is 65.5 cm³/mol. The average Bonchev–Trinajstić information content (AvgIpc) is 2.37. The van der Waals surface area contributed by atoms with Gasteiger partial charge in [0, 0.05) is 5.56 Å². The molecule has 6 heteroatoms. The molecular formula is C13H15NO5. The lowest BCUT2D eigenvalue weighted by molar-refractivity contribution is -0.136. The van der Waals surface area contributed by atoms with Crippen molar-refractivity contribution in [1.29, 1.82) is 5.26 Å². The zero-order chi connectivity index (χ0) is 14.4. The average molecular weight is 265 g/mol. The smallest absolute Gasteiger partial charge is 0.307 e. The van der Waals surface area contributed by atoms with E-state index < -0.39 is 18.2 Å². The van der Waals surface area contributed by atoms with E-state index in [1.165, 1.54) is 25.3 Å². The number of hydrogen-bond acceptors (Lipinski definition) is 5. The molecule has 0 amide bonds. The summed E-state index contributed by atoms with van der Waals surface area (Å²) in [4.78, 5) is 10.7. The van der Waals surface area contributed by atoms with Gasteiger partial charge in [0.25, 0.3) is 0 Å². The van der Waals surface area contributed by atoms with Crippen LogP contribution >= 0.6 is 0 Å². The molecule has 1 aromatic rings. The van der Waals surface area contributed by atoms with E-state index in [9.17, 15) is 15.0 Å². The van der Waals surface area contributed by atoms with E-state index in [1.54, 1.807) is 6.07 Å². The molecule has 0 aliphatic carbocycles. The number of aliphatic hydroxyl groups is 2. The maximum absolute atomic E-state index is 10.7. The summed E-state index contributed by atoms with van der Waals surface area (Å²) >= 11 is 0. The van der Waals surface area contributed by atoms with E-state index in [-0.39, 0.29) is 12.8 Å². The highest BCUT2D eigenvalue weighted by Crippen LogP contribution is 2.26. The molecule has 0 saturated heterocycles. The fourth-order valence-electron chi connectivity index (χ4n) is 1.71. The number of benzene rings is 1. The number of ether oxygens (including phenoxy) is 1. The summed E-state index contributed by atoms with van der Waals surface area (Å²) in [6, 6.07) is 6.26. The van der Waals surface area contributed by atoms with E-state index in [0.717, 1.165) is 0 Å². The van der Waals surface area contributed by atoms with Crippen molar-refractivity contribution >= 4 is 5.97 Å². The first-order valence-electron chi connectivity index (χ1n) is 5.61. The third kappa shape index (κ3) is 3.95. The highest BCUT2D eigenvalue weighted by Gasteiger charge is 2.20. The number of nitriles is 1. The van der Waals surface area contributed by atoms with E-state index in [2.05, 4.69) is 0 Å². The predicted octanol–water partition coefficient (Wildman–Crippen LogP) is 0.630. The van der Waals surface area contributed by atoms with Crippen LogP contribution in [0.3, 0.4) is 0 Å². The van der Waals surface area contributed by atoms with E-state index in [1.807, 2.05) is 0 Å². The highest BCUT2D eigenvalue weighted by atomic mass is 16.5. The molecule has 2 unspecified atom stereocenters. The molecule has 0 aromatic heterocycles. The van der Waals surface area contributed by atoms with Crippen LogP contribution in [0.25, 0.3) is 0 Å². The molecule has 0 aliphatic rings. The van der Waals surface area contributed by atoms with Crippen LogP contribution in [0, 0.1) is 11.3 Å². The van der Waals surface area contributed by atoms with Gasteiger partial charge in [-0.2, -0.15) is 5.26 Å². The van der Waals surface area contributed by atoms with E-state index >= 15 is 0 Å². The number of aliphatic hydroxyl groups excluding tert-OH is 2. The van der Waals surface area contributed by atoms with E-state index in [0.29, 0.717) is 16.9 Å². The Bertz CT molecular complexity index is 494. The Morgan fingerprint density at radius 1 is 1.47 bits per heavy atom. The Labute approximate surface area is 110 Å². The summed E-state index contributed by atoms with van der Waals surface area (Å²) in [5, 5.41) is 36.7. The first kappa shape index (κ1) is 15.0. The van der Waals surface area contributed by atoms with Crippen molar-refractivity contribution in [3.05, 3.63) is 29.3 Å². The molecule has 0 aliphatic heterocycles. The first-order chi connectivity index (χ1) is 8.99. The van der Waals surface area contributed by atoms with Crippen LogP contribution in [0.4, 0.5) is 0 Å². The third-order valence-corrected chi connectivity index (χ3v) is 2.65. The number of methoxy groups -OCH3 is 1. The number of hydrogen-bond donors (Lipinski definition) is 3. The molecule has 0 spiro atoms. The summed E-state index contributed by atoms with van der Waals surface area (Å²) in [7, 11) is 1.42. The molecule has 3 N–H and O–H groups in total. The topological polar surface area (TPSA) is 111 Å². The molecular weight excluding hydrogens is 250 g/mol. The normalized spacial score (nSPS) is 13.4. The fourth-order valence-corrected chi connectivity index (χ4v) is 1.71. The fraction of sp³-hybridized carbons (Fsp3) is 0.385. The first-order valence-corrected chi connectivity index (χ1v) is 5.61. The van der Waals surface area contributed by atoms with Gasteiger partial charge in [0.1, 0.15) is 11.9 Å². The molecule has 1 aromatic carbocycles. The summed E-state index contributed by atoms with van der Waals surface area (Å²) in [5.41, 5.74) is 0.746.